The van der Waals surface area contributed by atoms with Gasteiger partial charge in [-0.2, -0.15) is 0 Å². The molecule has 2 aromatic rings. The summed E-state index contributed by atoms with van der Waals surface area (Å²) >= 11 is 2.19. The number of benzene rings is 2. The van der Waals surface area contributed by atoms with Gasteiger partial charge in [-0.1, -0.05) is 6.07 Å². The van der Waals surface area contributed by atoms with E-state index < -0.39 is 10.0 Å². The van der Waals surface area contributed by atoms with E-state index in [1.54, 1.807) is 18.2 Å². The van der Waals surface area contributed by atoms with Gasteiger partial charge in [-0.15, -0.1) is 0 Å². The van der Waals surface area contributed by atoms with Crippen molar-refractivity contribution in [3.05, 3.63) is 57.2 Å². The molecule has 1 saturated heterocycles. The average molecular weight is 500 g/mol. The highest BCUT2D eigenvalue weighted by Crippen LogP contribution is 2.18. The highest BCUT2D eigenvalue weighted by atomic mass is 127. The lowest BCUT2D eigenvalue weighted by Crippen LogP contribution is -2.38. The Balaban J connectivity index is 1.67. The first-order valence-electron chi connectivity index (χ1n) is 8.63. The van der Waals surface area contributed by atoms with E-state index in [0.29, 0.717) is 37.3 Å². The minimum atomic E-state index is -3.59. The lowest BCUT2D eigenvalue weighted by atomic mass is 10.1. The fourth-order valence-electron chi connectivity index (χ4n) is 2.76. The number of carbonyl (C=O) groups excluding carboxylic acids is 1. The Bertz CT molecular complexity index is 923. The quantitative estimate of drug-likeness (QED) is 0.618. The highest BCUT2D eigenvalue weighted by molar-refractivity contribution is 14.1. The van der Waals surface area contributed by atoms with Gasteiger partial charge in [0.05, 0.1) is 4.90 Å². The Morgan fingerprint density at radius 2 is 1.78 bits per heavy atom. The van der Waals surface area contributed by atoms with Crippen molar-refractivity contribution in [2.24, 2.45) is 0 Å². The van der Waals surface area contributed by atoms with Gasteiger partial charge in [-0.05, 0) is 84.3 Å². The number of ether oxygens (including phenoxy) is 1. The molecule has 1 aliphatic rings. The number of nitrogens with one attached hydrogen (secondary N) is 2. The second-order valence-electron chi connectivity index (χ2n) is 6.45. The number of carbonyl (C=O) groups is 1. The normalized spacial score (nSPS) is 15.5. The molecule has 0 aliphatic carbocycles. The first kappa shape index (κ1) is 20.2. The van der Waals surface area contributed by atoms with Gasteiger partial charge in [0.2, 0.25) is 10.0 Å². The van der Waals surface area contributed by atoms with Gasteiger partial charge in [-0.3, -0.25) is 4.79 Å². The van der Waals surface area contributed by atoms with Crippen LogP contribution in [0, 0.1) is 10.5 Å². The molecule has 0 aromatic heterocycles. The molecule has 1 amide bonds. The second-order valence-corrected chi connectivity index (χ2v) is 9.33. The zero-order valence-corrected chi connectivity index (χ0v) is 17.8. The van der Waals surface area contributed by atoms with E-state index in [2.05, 4.69) is 32.6 Å². The minimum Gasteiger partial charge on any atom is -0.381 e. The number of halogens is 1. The third-order valence-corrected chi connectivity index (χ3v) is 7.10. The maximum Gasteiger partial charge on any atom is 0.255 e. The molecule has 144 valence electrons. The van der Waals surface area contributed by atoms with Gasteiger partial charge < -0.3 is 10.1 Å². The van der Waals surface area contributed by atoms with Crippen molar-refractivity contribution in [1.82, 2.24) is 4.72 Å². The van der Waals surface area contributed by atoms with Crippen molar-refractivity contribution < 1.29 is 17.9 Å². The number of amides is 1. The fraction of sp³-hybridized carbons (Fsp3) is 0.316. The van der Waals surface area contributed by atoms with Crippen molar-refractivity contribution in [3.8, 4) is 0 Å². The Hall–Kier alpha value is -1.49. The third kappa shape index (κ3) is 5.28. The molecular formula is C19H21IN2O4S. The van der Waals surface area contributed by atoms with Gasteiger partial charge in [0.25, 0.3) is 5.91 Å². The summed E-state index contributed by atoms with van der Waals surface area (Å²) in [5, 5.41) is 2.79. The molecule has 1 aliphatic heterocycles. The SMILES string of the molecule is Cc1ccc(C(=O)Nc2ccc(S(=O)(=O)NC3CCOCC3)cc2)cc1I. The van der Waals surface area contributed by atoms with Crippen LogP contribution in [-0.4, -0.2) is 33.6 Å². The van der Waals surface area contributed by atoms with Crippen molar-refractivity contribution in [2.45, 2.75) is 30.7 Å². The topological polar surface area (TPSA) is 84.5 Å². The molecule has 0 saturated carbocycles. The zero-order valence-electron chi connectivity index (χ0n) is 14.9. The van der Waals surface area contributed by atoms with Gasteiger partial charge in [0.15, 0.2) is 0 Å². The van der Waals surface area contributed by atoms with Crippen LogP contribution in [0.15, 0.2) is 47.4 Å². The molecule has 2 aromatic carbocycles. The first-order chi connectivity index (χ1) is 12.8. The summed E-state index contributed by atoms with van der Waals surface area (Å²) in [4.78, 5) is 12.5. The number of anilines is 1. The predicted octanol–water partition coefficient (Wildman–Crippen LogP) is 3.31. The number of rotatable bonds is 5. The summed E-state index contributed by atoms with van der Waals surface area (Å²) in [6.07, 6.45) is 1.34. The van der Waals surface area contributed by atoms with Gasteiger partial charge >= 0.3 is 0 Å². The molecule has 0 bridgehead atoms. The molecule has 27 heavy (non-hydrogen) atoms. The number of sulfonamides is 1. The van der Waals surface area contributed by atoms with E-state index >= 15 is 0 Å². The molecule has 0 spiro atoms. The minimum absolute atomic E-state index is 0.105. The predicted molar refractivity (Wildman–Crippen MR) is 112 cm³/mol. The van der Waals surface area contributed by atoms with E-state index in [-0.39, 0.29) is 16.8 Å². The maximum atomic E-state index is 12.5. The molecular weight excluding hydrogens is 479 g/mol. The molecule has 0 unspecified atom stereocenters. The average Bonchev–Trinajstić information content (AvgIpc) is 2.65. The van der Waals surface area contributed by atoms with Crippen LogP contribution in [0.4, 0.5) is 5.69 Å². The summed E-state index contributed by atoms with van der Waals surface area (Å²) < 4.78 is 33.9. The third-order valence-electron chi connectivity index (χ3n) is 4.40. The number of hydrogen-bond donors (Lipinski definition) is 2. The summed E-state index contributed by atoms with van der Waals surface area (Å²) in [6.45, 7) is 3.11. The Morgan fingerprint density at radius 1 is 1.11 bits per heavy atom. The van der Waals surface area contributed by atoms with Crippen LogP contribution >= 0.6 is 22.6 Å². The molecule has 8 heteroatoms. The molecule has 6 nitrogen and oxygen atoms in total. The summed E-state index contributed by atoms with van der Waals surface area (Å²) in [5.74, 6) is -0.233. The molecule has 1 fully saturated rings. The van der Waals surface area contributed by atoms with E-state index in [4.69, 9.17) is 4.74 Å². The Labute approximate surface area is 172 Å². The number of hydrogen-bond acceptors (Lipinski definition) is 4. The summed E-state index contributed by atoms with van der Waals surface area (Å²) in [5.41, 5.74) is 2.21. The zero-order chi connectivity index (χ0) is 19.4. The standard InChI is InChI=1S/C19H21IN2O4S/c1-13-2-3-14(12-18(13)20)19(23)21-15-4-6-17(7-5-15)27(24,25)22-16-8-10-26-11-9-16/h2-7,12,16,22H,8-11H2,1H3,(H,21,23). The van der Waals surface area contributed by atoms with Crippen molar-refractivity contribution >= 4 is 44.2 Å². The summed E-state index contributed by atoms with van der Waals surface area (Å²) in [6, 6.07) is 11.6. The fourth-order valence-corrected chi connectivity index (χ4v) is 4.58. The van der Waals surface area contributed by atoms with Crippen LogP contribution in [0.3, 0.4) is 0 Å². The van der Waals surface area contributed by atoms with Crippen molar-refractivity contribution in [2.75, 3.05) is 18.5 Å². The lowest BCUT2D eigenvalue weighted by molar-refractivity contribution is 0.0832. The van der Waals surface area contributed by atoms with E-state index in [0.717, 1.165) is 9.13 Å². The van der Waals surface area contributed by atoms with Crippen LogP contribution in [0.1, 0.15) is 28.8 Å². The van der Waals surface area contributed by atoms with Gasteiger partial charge in [0.1, 0.15) is 0 Å². The van der Waals surface area contributed by atoms with E-state index in [9.17, 15) is 13.2 Å². The first-order valence-corrected chi connectivity index (χ1v) is 11.2. The molecule has 0 radical (unpaired) electrons. The van der Waals surface area contributed by atoms with Gasteiger partial charge in [-0.25, -0.2) is 13.1 Å². The van der Waals surface area contributed by atoms with Crippen LogP contribution in [-0.2, 0) is 14.8 Å². The van der Waals surface area contributed by atoms with Crippen LogP contribution in [0.5, 0.6) is 0 Å². The lowest BCUT2D eigenvalue weighted by Gasteiger charge is -2.23. The maximum absolute atomic E-state index is 12.5. The molecule has 3 rings (SSSR count). The Morgan fingerprint density at radius 3 is 2.41 bits per heavy atom. The van der Waals surface area contributed by atoms with Crippen LogP contribution in [0.2, 0.25) is 0 Å². The van der Waals surface area contributed by atoms with E-state index in [1.807, 2.05) is 19.1 Å². The highest BCUT2D eigenvalue weighted by Gasteiger charge is 2.22. The molecule has 0 atom stereocenters. The summed E-state index contributed by atoms with van der Waals surface area (Å²) in [7, 11) is -3.59. The van der Waals surface area contributed by atoms with Crippen LogP contribution < -0.4 is 10.0 Å². The molecule has 2 N–H and O–H groups in total. The van der Waals surface area contributed by atoms with Gasteiger partial charge in [0, 0.05) is 34.1 Å². The molecule has 1 heterocycles. The second kappa shape index (κ2) is 8.68. The van der Waals surface area contributed by atoms with Crippen LogP contribution in [0.25, 0.3) is 0 Å². The van der Waals surface area contributed by atoms with E-state index in [1.165, 1.54) is 12.1 Å². The monoisotopic (exact) mass is 500 g/mol. The van der Waals surface area contributed by atoms with Crippen molar-refractivity contribution in [3.63, 3.8) is 0 Å². The largest absolute Gasteiger partial charge is 0.381 e. The van der Waals surface area contributed by atoms with Crippen molar-refractivity contribution in [1.29, 1.82) is 0 Å². The smallest absolute Gasteiger partial charge is 0.255 e. The number of aryl methyl sites for hydroxylation is 1. The Kier molecular flexibility index (Phi) is 6.51.